The average molecular weight is 492 g/mol. The zero-order chi connectivity index (χ0) is 25.5. The van der Waals surface area contributed by atoms with E-state index in [1.54, 1.807) is 56.5 Å². The first kappa shape index (κ1) is 27.0. The van der Waals surface area contributed by atoms with Crippen molar-refractivity contribution < 1.29 is 27.5 Å². The molecule has 0 aliphatic rings. The van der Waals surface area contributed by atoms with Gasteiger partial charge < -0.3 is 19.7 Å². The first-order valence-electron chi connectivity index (χ1n) is 10.8. The molecule has 0 aliphatic carbocycles. The SMILES string of the molecule is COc1ccc(CN(C(=O)CN(c2cccc(OC)c2)S(C)(=O)=O)C(C)C(=O)NC(C)C)cc1. The Bertz CT molecular complexity index is 1090. The molecule has 2 aromatic rings. The van der Waals surface area contributed by atoms with Crippen LogP contribution in [0.4, 0.5) is 5.69 Å². The Morgan fingerprint density at radius 1 is 0.971 bits per heavy atom. The molecule has 0 aliphatic heterocycles. The molecule has 10 heteroatoms. The summed E-state index contributed by atoms with van der Waals surface area (Å²) in [5, 5.41) is 2.81. The van der Waals surface area contributed by atoms with E-state index in [2.05, 4.69) is 5.32 Å². The van der Waals surface area contributed by atoms with Crippen LogP contribution < -0.4 is 19.1 Å². The number of carbonyl (C=O) groups excluding carboxylic acids is 2. The van der Waals surface area contributed by atoms with Crippen LogP contribution in [0.15, 0.2) is 48.5 Å². The van der Waals surface area contributed by atoms with Crippen molar-refractivity contribution in [2.75, 3.05) is 31.3 Å². The Labute approximate surface area is 201 Å². The molecule has 0 saturated heterocycles. The Balaban J connectivity index is 2.39. The van der Waals surface area contributed by atoms with Crippen LogP contribution in [0.3, 0.4) is 0 Å². The molecule has 2 aromatic carbocycles. The van der Waals surface area contributed by atoms with Gasteiger partial charge in [-0.15, -0.1) is 0 Å². The molecule has 2 amide bonds. The van der Waals surface area contributed by atoms with Crippen molar-refractivity contribution in [2.24, 2.45) is 0 Å². The van der Waals surface area contributed by atoms with Crippen LogP contribution in [0.5, 0.6) is 11.5 Å². The Morgan fingerprint density at radius 2 is 1.59 bits per heavy atom. The number of anilines is 1. The van der Waals surface area contributed by atoms with Gasteiger partial charge >= 0.3 is 0 Å². The van der Waals surface area contributed by atoms with E-state index in [4.69, 9.17) is 9.47 Å². The highest BCUT2D eigenvalue weighted by Gasteiger charge is 2.30. The molecule has 0 radical (unpaired) electrons. The molecule has 0 heterocycles. The highest BCUT2D eigenvalue weighted by molar-refractivity contribution is 7.92. The van der Waals surface area contributed by atoms with Crippen molar-refractivity contribution in [3.63, 3.8) is 0 Å². The minimum absolute atomic E-state index is 0.114. The number of carbonyl (C=O) groups is 2. The highest BCUT2D eigenvalue weighted by atomic mass is 32.2. The summed E-state index contributed by atoms with van der Waals surface area (Å²) < 4.78 is 36.6. The summed E-state index contributed by atoms with van der Waals surface area (Å²) >= 11 is 0. The standard InChI is InChI=1S/C24H33N3O6S/c1-17(2)25-24(29)18(3)26(15-19-10-12-21(32-4)13-11-19)23(28)16-27(34(6,30)31)20-8-7-9-22(14-20)33-5/h7-14,17-18H,15-16H2,1-6H3,(H,25,29). The summed E-state index contributed by atoms with van der Waals surface area (Å²) in [4.78, 5) is 27.6. The molecule has 2 rings (SSSR count). The lowest BCUT2D eigenvalue weighted by Gasteiger charge is -2.32. The molecule has 0 fully saturated rings. The predicted molar refractivity (Wildman–Crippen MR) is 131 cm³/mol. The molecular formula is C24H33N3O6S. The number of benzene rings is 2. The zero-order valence-corrected chi connectivity index (χ0v) is 21.3. The summed E-state index contributed by atoms with van der Waals surface area (Å²) in [6, 6.07) is 12.6. The van der Waals surface area contributed by atoms with E-state index in [0.29, 0.717) is 17.2 Å². The van der Waals surface area contributed by atoms with Crippen molar-refractivity contribution in [2.45, 2.75) is 39.4 Å². The number of ether oxygens (including phenoxy) is 2. The van der Waals surface area contributed by atoms with Crippen LogP contribution in [-0.4, -0.2) is 64.2 Å². The van der Waals surface area contributed by atoms with Crippen LogP contribution in [0.1, 0.15) is 26.3 Å². The van der Waals surface area contributed by atoms with Crippen LogP contribution in [-0.2, 0) is 26.2 Å². The fraction of sp³-hybridized carbons (Fsp3) is 0.417. The first-order chi connectivity index (χ1) is 16.0. The largest absolute Gasteiger partial charge is 0.497 e. The van der Waals surface area contributed by atoms with Gasteiger partial charge in [-0.2, -0.15) is 0 Å². The number of sulfonamides is 1. The van der Waals surface area contributed by atoms with E-state index in [-0.39, 0.29) is 18.5 Å². The average Bonchev–Trinajstić information content (AvgIpc) is 2.79. The minimum atomic E-state index is -3.81. The summed E-state index contributed by atoms with van der Waals surface area (Å²) in [6.45, 7) is 4.92. The molecule has 186 valence electrons. The maximum atomic E-state index is 13.5. The van der Waals surface area contributed by atoms with Crippen molar-refractivity contribution in [1.29, 1.82) is 0 Å². The Kier molecular flexibility index (Phi) is 9.31. The van der Waals surface area contributed by atoms with Gasteiger partial charge in [-0.1, -0.05) is 18.2 Å². The molecule has 1 N–H and O–H groups in total. The van der Waals surface area contributed by atoms with Crippen molar-refractivity contribution in [3.05, 3.63) is 54.1 Å². The van der Waals surface area contributed by atoms with Gasteiger partial charge in [0.05, 0.1) is 26.2 Å². The predicted octanol–water partition coefficient (Wildman–Crippen LogP) is 2.41. The fourth-order valence-electron chi connectivity index (χ4n) is 3.29. The lowest BCUT2D eigenvalue weighted by atomic mass is 10.1. The van der Waals surface area contributed by atoms with E-state index < -0.39 is 28.5 Å². The summed E-state index contributed by atoms with van der Waals surface area (Å²) in [6.07, 6.45) is 1.03. The molecule has 0 saturated carbocycles. The number of hydrogen-bond acceptors (Lipinski definition) is 6. The smallest absolute Gasteiger partial charge is 0.244 e. The van der Waals surface area contributed by atoms with Crippen molar-refractivity contribution in [1.82, 2.24) is 10.2 Å². The topological polar surface area (TPSA) is 105 Å². The summed E-state index contributed by atoms with van der Waals surface area (Å²) in [5.74, 6) is 0.270. The number of rotatable bonds is 11. The molecule has 0 bridgehead atoms. The maximum Gasteiger partial charge on any atom is 0.244 e. The molecular weight excluding hydrogens is 458 g/mol. The molecule has 0 aromatic heterocycles. The van der Waals surface area contributed by atoms with E-state index in [9.17, 15) is 18.0 Å². The second kappa shape index (κ2) is 11.7. The van der Waals surface area contributed by atoms with Gasteiger partial charge in [-0.3, -0.25) is 13.9 Å². The third kappa shape index (κ3) is 7.38. The lowest BCUT2D eigenvalue weighted by Crippen LogP contribution is -2.52. The number of methoxy groups -OCH3 is 2. The summed E-state index contributed by atoms with van der Waals surface area (Å²) in [5.41, 5.74) is 1.06. The lowest BCUT2D eigenvalue weighted by molar-refractivity contribution is -0.139. The van der Waals surface area contributed by atoms with E-state index in [1.807, 2.05) is 13.8 Å². The molecule has 1 atom stereocenters. The van der Waals surface area contributed by atoms with E-state index in [0.717, 1.165) is 16.1 Å². The van der Waals surface area contributed by atoms with Gasteiger partial charge in [0.25, 0.3) is 0 Å². The number of hydrogen-bond donors (Lipinski definition) is 1. The molecule has 34 heavy (non-hydrogen) atoms. The number of amides is 2. The minimum Gasteiger partial charge on any atom is -0.497 e. The monoisotopic (exact) mass is 491 g/mol. The third-order valence-electron chi connectivity index (χ3n) is 5.13. The third-order valence-corrected chi connectivity index (χ3v) is 6.27. The van der Waals surface area contributed by atoms with Gasteiger partial charge in [-0.25, -0.2) is 8.42 Å². The van der Waals surface area contributed by atoms with Crippen LogP contribution in [0, 0.1) is 0 Å². The number of nitrogens with zero attached hydrogens (tertiary/aromatic N) is 2. The van der Waals surface area contributed by atoms with E-state index in [1.165, 1.54) is 18.1 Å². The Hall–Kier alpha value is -3.27. The second-order valence-electron chi connectivity index (χ2n) is 8.18. The molecule has 0 spiro atoms. The zero-order valence-electron chi connectivity index (χ0n) is 20.4. The summed E-state index contributed by atoms with van der Waals surface area (Å²) in [7, 11) is -0.775. The van der Waals surface area contributed by atoms with Gasteiger partial charge in [0, 0.05) is 18.7 Å². The van der Waals surface area contributed by atoms with Crippen LogP contribution >= 0.6 is 0 Å². The van der Waals surface area contributed by atoms with Gasteiger partial charge in [0.1, 0.15) is 24.1 Å². The fourth-order valence-corrected chi connectivity index (χ4v) is 4.14. The first-order valence-corrected chi connectivity index (χ1v) is 12.7. The maximum absolute atomic E-state index is 13.5. The van der Waals surface area contributed by atoms with Crippen LogP contribution in [0.2, 0.25) is 0 Å². The molecule has 9 nitrogen and oxygen atoms in total. The van der Waals surface area contributed by atoms with Gasteiger partial charge in [-0.05, 0) is 50.6 Å². The van der Waals surface area contributed by atoms with Gasteiger partial charge in [0.2, 0.25) is 21.8 Å². The highest BCUT2D eigenvalue weighted by Crippen LogP contribution is 2.24. The van der Waals surface area contributed by atoms with Crippen molar-refractivity contribution in [3.8, 4) is 11.5 Å². The number of nitrogens with one attached hydrogen (secondary N) is 1. The normalized spacial score (nSPS) is 12.1. The van der Waals surface area contributed by atoms with E-state index >= 15 is 0 Å². The second-order valence-corrected chi connectivity index (χ2v) is 10.1. The van der Waals surface area contributed by atoms with Crippen LogP contribution in [0.25, 0.3) is 0 Å². The van der Waals surface area contributed by atoms with Crippen molar-refractivity contribution >= 4 is 27.5 Å². The quantitative estimate of drug-likeness (QED) is 0.518. The molecule has 1 unspecified atom stereocenters. The van der Waals surface area contributed by atoms with Gasteiger partial charge in [0.15, 0.2) is 0 Å². The Morgan fingerprint density at radius 3 is 2.12 bits per heavy atom.